The first-order valence-corrected chi connectivity index (χ1v) is 8.71. The average Bonchev–Trinajstić information content (AvgIpc) is 3.27. The van der Waals surface area contributed by atoms with E-state index < -0.39 is 0 Å². The molecule has 2 heterocycles. The van der Waals surface area contributed by atoms with E-state index in [4.69, 9.17) is 4.42 Å². The Morgan fingerprint density at radius 2 is 1.76 bits per heavy atom. The van der Waals surface area contributed by atoms with E-state index in [1.165, 1.54) is 17.6 Å². The minimum absolute atomic E-state index is 0.198. The lowest BCUT2D eigenvalue weighted by Gasteiger charge is -2.13. The molecular weight excluding hydrogens is 336 g/mol. The van der Waals surface area contributed by atoms with Gasteiger partial charge in [-0.05, 0) is 41.8 Å². The number of para-hydroxylation sites is 1. The number of hydrogen-bond donors (Lipinski definition) is 2. The molecule has 2 amide bonds. The quantitative estimate of drug-likeness (QED) is 0.679. The summed E-state index contributed by atoms with van der Waals surface area (Å²) in [6.07, 6.45) is 1.44. The molecule has 0 aliphatic heterocycles. The summed E-state index contributed by atoms with van der Waals surface area (Å²) in [7, 11) is 0. The van der Waals surface area contributed by atoms with Crippen LogP contribution >= 0.6 is 11.3 Å². The third kappa shape index (κ3) is 3.97. The highest BCUT2D eigenvalue weighted by Gasteiger charge is 2.15. The van der Waals surface area contributed by atoms with Crippen LogP contribution in [0.4, 0.5) is 10.7 Å². The van der Waals surface area contributed by atoms with E-state index in [1.54, 1.807) is 24.3 Å². The van der Waals surface area contributed by atoms with Crippen LogP contribution in [0.15, 0.2) is 59.2 Å². The molecule has 0 saturated heterocycles. The van der Waals surface area contributed by atoms with Gasteiger partial charge in [-0.15, -0.1) is 11.3 Å². The number of rotatable bonds is 5. The van der Waals surface area contributed by atoms with Gasteiger partial charge in [0.05, 0.1) is 16.1 Å². The van der Waals surface area contributed by atoms with Crippen LogP contribution in [0, 0.1) is 0 Å². The first-order valence-electron chi connectivity index (χ1n) is 7.89. The van der Waals surface area contributed by atoms with Crippen LogP contribution in [-0.4, -0.2) is 11.8 Å². The predicted molar refractivity (Wildman–Crippen MR) is 99.5 cm³/mol. The summed E-state index contributed by atoms with van der Waals surface area (Å²) in [6.45, 7) is 4.16. The number of anilines is 2. The van der Waals surface area contributed by atoms with E-state index in [0.29, 0.717) is 15.8 Å². The van der Waals surface area contributed by atoms with Crippen LogP contribution in [0.1, 0.15) is 45.6 Å². The standard InChI is InChI=1S/C19H18N2O3S/c1-12(2)13-6-3-4-7-14(13)20-19(23)16-9-10-17(25-16)21-18(22)15-8-5-11-24-15/h3-12H,1-2H3,(H,20,23)(H,21,22). The fraction of sp³-hybridized carbons (Fsp3) is 0.158. The van der Waals surface area contributed by atoms with Crippen molar-refractivity contribution in [1.82, 2.24) is 0 Å². The largest absolute Gasteiger partial charge is 0.459 e. The molecule has 0 aliphatic carbocycles. The predicted octanol–water partition coefficient (Wildman–Crippen LogP) is 4.97. The van der Waals surface area contributed by atoms with Crippen LogP contribution in [0.5, 0.6) is 0 Å². The van der Waals surface area contributed by atoms with Crippen LogP contribution in [0.25, 0.3) is 0 Å². The lowest BCUT2D eigenvalue weighted by molar-refractivity contribution is 0.0995. The van der Waals surface area contributed by atoms with Gasteiger partial charge in [-0.2, -0.15) is 0 Å². The molecule has 0 saturated carbocycles. The van der Waals surface area contributed by atoms with Crippen molar-refractivity contribution in [3.8, 4) is 0 Å². The number of hydrogen-bond acceptors (Lipinski definition) is 4. The number of amides is 2. The van der Waals surface area contributed by atoms with Crippen molar-refractivity contribution < 1.29 is 14.0 Å². The van der Waals surface area contributed by atoms with Gasteiger partial charge in [0.1, 0.15) is 0 Å². The third-order valence-electron chi connectivity index (χ3n) is 3.64. The average molecular weight is 354 g/mol. The topological polar surface area (TPSA) is 71.3 Å². The molecule has 0 aliphatic rings. The lowest BCUT2D eigenvalue weighted by atomic mass is 10.0. The molecule has 0 fully saturated rings. The minimum atomic E-state index is -0.344. The van der Waals surface area contributed by atoms with Gasteiger partial charge in [-0.25, -0.2) is 0 Å². The van der Waals surface area contributed by atoms with Gasteiger partial charge >= 0.3 is 0 Å². The van der Waals surface area contributed by atoms with Gasteiger partial charge in [-0.1, -0.05) is 32.0 Å². The summed E-state index contributed by atoms with van der Waals surface area (Å²) in [4.78, 5) is 25.0. The van der Waals surface area contributed by atoms with Gasteiger partial charge < -0.3 is 15.1 Å². The molecule has 0 radical (unpaired) electrons. The zero-order valence-corrected chi connectivity index (χ0v) is 14.7. The van der Waals surface area contributed by atoms with E-state index in [2.05, 4.69) is 24.5 Å². The van der Waals surface area contributed by atoms with E-state index in [0.717, 1.165) is 11.3 Å². The third-order valence-corrected chi connectivity index (χ3v) is 4.64. The summed E-state index contributed by atoms with van der Waals surface area (Å²) >= 11 is 1.21. The van der Waals surface area contributed by atoms with E-state index >= 15 is 0 Å². The molecule has 6 heteroatoms. The summed E-state index contributed by atoms with van der Waals surface area (Å²) in [5, 5.41) is 6.25. The number of benzene rings is 1. The Bertz CT molecular complexity index is 882. The first kappa shape index (κ1) is 17.0. The van der Waals surface area contributed by atoms with Crippen molar-refractivity contribution in [2.75, 3.05) is 10.6 Å². The van der Waals surface area contributed by atoms with Crippen molar-refractivity contribution in [3.63, 3.8) is 0 Å². The van der Waals surface area contributed by atoms with Crippen LogP contribution in [0.3, 0.4) is 0 Å². The summed E-state index contributed by atoms with van der Waals surface area (Å²) in [6, 6.07) is 14.4. The van der Waals surface area contributed by atoms with Crippen molar-refractivity contribution in [2.24, 2.45) is 0 Å². The summed E-state index contributed by atoms with van der Waals surface area (Å²) in [5.74, 6) is -0.00574. The molecule has 0 unspecified atom stereocenters. The molecule has 2 aromatic heterocycles. The fourth-order valence-electron chi connectivity index (χ4n) is 2.41. The number of nitrogens with one attached hydrogen (secondary N) is 2. The maximum atomic E-state index is 12.5. The molecule has 0 spiro atoms. The molecule has 0 atom stereocenters. The van der Waals surface area contributed by atoms with Crippen molar-refractivity contribution in [1.29, 1.82) is 0 Å². The molecule has 3 rings (SSSR count). The molecular formula is C19H18N2O3S. The number of carbonyl (C=O) groups excluding carboxylic acids is 2. The molecule has 2 N–H and O–H groups in total. The summed E-state index contributed by atoms with van der Waals surface area (Å²) < 4.78 is 5.05. The Balaban J connectivity index is 1.70. The zero-order chi connectivity index (χ0) is 17.8. The Morgan fingerprint density at radius 1 is 0.960 bits per heavy atom. The Kier molecular flexibility index (Phi) is 5.00. The second-order valence-electron chi connectivity index (χ2n) is 5.79. The van der Waals surface area contributed by atoms with Gasteiger partial charge in [-0.3, -0.25) is 9.59 Å². The monoisotopic (exact) mass is 354 g/mol. The zero-order valence-electron chi connectivity index (χ0n) is 13.9. The molecule has 1 aromatic carbocycles. The lowest BCUT2D eigenvalue weighted by Crippen LogP contribution is -2.12. The fourth-order valence-corrected chi connectivity index (χ4v) is 3.20. The summed E-state index contributed by atoms with van der Waals surface area (Å²) in [5.41, 5.74) is 1.89. The number of thiophene rings is 1. The number of carbonyl (C=O) groups is 2. The second-order valence-corrected chi connectivity index (χ2v) is 6.88. The van der Waals surface area contributed by atoms with E-state index in [-0.39, 0.29) is 17.6 Å². The van der Waals surface area contributed by atoms with Crippen LogP contribution < -0.4 is 10.6 Å². The first-order chi connectivity index (χ1) is 12.0. The highest BCUT2D eigenvalue weighted by molar-refractivity contribution is 7.18. The van der Waals surface area contributed by atoms with Gasteiger partial charge in [0.2, 0.25) is 0 Å². The molecule has 5 nitrogen and oxygen atoms in total. The Hall–Kier alpha value is -2.86. The molecule has 3 aromatic rings. The Labute approximate surface area is 149 Å². The van der Waals surface area contributed by atoms with Gasteiger partial charge in [0, 0.05) is 5.69 Å². The minimum Gasteiger partial charge on any atom is -0.459 e. The van der Waals surface area contributed by atoms with Crippen LogP contribution in [-0.2, 0) is 0 Å². The van der Waals surface area contributed by atoms with Gasteiger partial charge in [0.15, 0.2) is 5.76 Å². The van der Waals surface area contributed by atoms with Crippen molar-refractivity contribution in [2.45, 2.75) is 19.8 Å². The Morgan fingerprint density at radius 3 is 2.48 bits per heavy atom. The van der Waals surface area contributed by atoms with Crippen molar-refractivity contribution in [3.05, 3.63) is 71.0 Å². The maximum Gasteiger partial charge on any atom is 0.291 e. The second kappa shape index (κ2) is 7.36. The van der Waals surface area contributed by atoms with E-state index in [1.807, 2.05) is 24.3 Å². The number of furan rings is 1. The highest BCUT2D eigenvalue weighted by Crippen LogP contribution is 2.27. The van der Waals surface area contributed by atoms with Crippen LogP contribution in [0.2, 0.25) is 0 Å². The smallest absolute Gasteiger partial charge is 0.291 e. The highest BCUT2D eigenvalue weighted by atomic mass is 32.1. The van der Waals surface area contributed by atoms with E-state index in [9.17, 15) is 9.59 Å². The molecule has 128 valence electrons. The molecule has 0 bridgehead atoms. The molecule has 25 heavy (non-hydrogen) atoms. The van der Waals surface area contributed by atoms with Crippen molar-refractivity contribution >= 4 is 33.8 Å². The normalized spacial score (nSPS) is 10.7. The SMILES string of the molecule is CC(C)c1ccccc1NC(=O)c1ccc(NC(=O)c2ccco2)s1. The van der Waals surface area contributed by atoms with Gasteiger partial charge in [0.25, 0.3) is 11.8 Å². The maximum absolute atomic E-state index is 12.5.